The van der Waals surface area contributed by atoms with Crippen LogP contribution in [0.3, 0.4) is 0 Å². The van der Waals surface area contributed by atoms with Crippen LogP contribution in [0.25, 0.3) is 0 Å². The molecule has 3 N–H and O–H groups in total. The number of benzene rings is 1. The van der Waals surface area contributed by atoms with Crippen molar-refractivity contribution >= 4 is 0 Å². The minimum absolute atomic E-state index is 0.0436. The minimum atomic E-state index is -0.188. The van der Waals surface area contributed by atoms with Crippen LogP contribution in [0.2, 0.25) is 0 Å². The lowest BCUT2D eigenvalue weighted by atomic mass is 9.73. The molecule has 0 saturated heterocycles. The maximum absolute atomic E-state index is 9.30. The maximum Gasteiger partial charge on any atom is 0.119 e. The van der Waals surface area contributed by atoms with Gasteiger partial charge in [0.1, 0.15) is 5.75 Å². The summed E-state index contributed by atoms with van der Waals surface area (Å²) in [5, 5.41) is 9.30. The first-order valence-corrected chi connectivity index (χ1v) is 7.18. The Bertz CT molecular complexity index is 364. The number of hydrogen-bond donors (Lipinski definition) is 2. The molecular weight excluding hydrogens is 238 g/mol. The Balaban J connectivity index is 2.91. The van der Waals surface area contributed by atoms with Gasteiger partial charge in [0.2, 0.25) is 0 Å². The molecule has 0 aliphatic rings. The monoisotopic (exact) mass is 265 g/mol. The van der Waals surface area contributed by atoms with Crippen LogP contribution in [0.4, 0.5) is 0 Å². The van der Waals surface area contributed by atoms with E-state index in [1.165, 1.54) is 5.56 Å². The highest BCUT2D eigenvalue weighted by atomic mass is 16.5. The fourth-order valence-electron chi connectivity index (χ4n) is 2.38. The summed E-state index contributed by atoms with van der Waals surface area (Å²) in [6.07, 6.45) is 2.58. The van der Waals surface area contributed by atoms with Crippen molar-refractivity contribution in [2.45, 2.75) is 51.5 Å². The van der Waals surface area contributed by atoms with Gasteiger partial charge in [-0.2, -0.15) is 0 Å². The predicted octanol–water partition coefficient (Wildman–Crippen LogP) is 2.85. The molecule has 3 heteroatoms. The molecule has 0 bridgehead atoms. The van der Waals surface area contributed by atoms with E-state index in [-0.39, 0.29) is 18.1 Å². The standard InChI is InChI=1S/C16H27NO2/c1-4-12-19-14-8-6-13(7-9-14)16(3,10-11-18)15(17)5-2/h6-9,15,18H,4-5,10-12,17H2,1-3H3. The number of nitrogens with two attached hydrogens (primary N) is 1. The van der Waals surface area contributed by atoms with Crippen LogP contribution >= 0.6 is 0 Å². The molecule has 1 aromatic carbocycles. The Morgan fingerprint density at radius 2 is 1.89 bits per heavy atom. The summed E-state index contributed by atoms with van der Waals surface area (Å²) in [6, 6.07) is 8.15. The van der Waals surface area contributed by atoms with Crippen molar-refractivity contribution in [3.05, 3.63) is 29.8 Å². The lowest BCUT2D eigenvalue weighted by Gasteiger charge is -2.35. The van der Waals surface area contributed by atoms with E-state index in [0.717, 1.165) is 25.2 Å². The zero-order valence-electron chi connectivity index (χ0n) is 12.4. The molecule has 0 aromatic heterocycles. The van der Waals surface area contributed by atoms with E-state index in [4.69, 9.17) is 10.5 Å². The lowest BCUT2D eigenvalue weighted by molar-refractivity contribution is 0.223. The molecule has 1 rings (SSSR count). The number of hydrogen-bond acceptors (Lipinski definition) is 3. The molecule has 3 nitrogen and oxygen atoms in total. The highest BCUT2D eigenvalue weighted by Gasteiger charge is 2.32. The predicted molar refractivity (Wildman–Crippen MR) is 79.5 cm³/mol. The zero-order chi connectivity index (χ0) is 14.3. The van der Waals surface area contributed by atoms with Gasteiger partial charge >= 0.3 is 0 Å². The van der Waals surface area contributed by atoms with Crippen molar-refractivity contribution < 1.29 is 9.84 Å². The van der Waals surface area contributed by atoms with E-state index in [1.807, 2.05) is 12.1 Å². The van der Waals surface area contributed by atoms with Crippen molar-refractivity contribution in [3.63, 3.8) is 0 Å². The first-order chi connectivity index (χ1) is 9.08. The lowest BCUT2D eigenvalue weighted by Crippen LogP contribution is -2.43. The van der Waals surface area contributed by atoms with Crippen molar-refractivity contribution in [2.75, 3.05) is 13.2 Å². The molecule has 2 atom stereocenters. The summed E-state index contributed by atoms with van der Waals surface area (Å²) >= 11 is 0. The van der Waals surface area contributed by atoms with Crippen LogP contribution in [0.5, 0.6) is 5.75 Å². The van der Waals surface area contributed by atoms with Gasteiger partial charge in [-0.15, -0.1) is 0 Å². The minimum Gasteiger partial charge on any atom is -0.494 e. The summed E-state index contributed by atoms with van der Waals surface area (Å²) in [6.45, 7) is 7.19. The first-order valence-electron chi connectivity index (χ1n) is 7.18. The SMILES string of the molecule is CCCOc1ccc(C(C)(CCO)C(N)CC)cc1. The Morgan fingerprint density at radius 3 is 2.37 bits per heavy atom. The molecule has 2 unspecified atom stereocenters. The van der Waals surface area contributed by atoms with Crippen LogP contribution < -0.4 is 10.5 Å². The second kappa shape index (κ2) is 7.51. The highest BCUT2D eigenvalue weighted by molar-refractivity contribution is 5.33. The van der Waals surface area contributed by atoms with E-state index < -0.39 is 0 Å². The van der Waals surface area contributed by atoms with Gasteiger partial charge in [-0.05, 0) is 37.0 Å². The summed E-state index contributed by atoms with van der Waals surface area (Å²) < 4.78 is 5.59. The fraction of sp³-hybridized carbons (Fsp3) is 0.625. The van der Waals surface area contributed by atoms with Gasteiger partial charge in [0.05, 0.1) is 6.61 Å². The molecule has 19 heavy (non-hydrogen) atoms. The van der Waals surface area contributed by atoms with Crippen molar-refractivity contribution in [2.24, 2.45) is 5.73 Å². The van der Waals surface area contributed by atoms with E-state index in [0.29, 0.717) is 6.42 Å². The second-order valence-corrected chi connectivity index (χ2v) is 5.28. The molecule has 0 heterocycles. The van der Waals surface area contributed by atoms with Crippen molar-refractivity contribution in [1.29, 1.82) is 0 Å². The molecule has 0 amide bonds. The third-order valence-corrected chi connectivity index (χ3v) is 3.88. The summed E-state index contributed by atoms with van der Waals surface area (Å²) in [4.78, 5) is 0. The summed E-state index contributed by atoms with van der Waals surface area (Å²) in [5.74, 6) is 0.891. The molecule has 108 valence electrons. The topological polar surface area (TPSA) is 55.5 Å². The van der Waals surface area contributed by atoms with E-state index >= 15 is 0 Å². The van der Waals surface area contributed by atoms with Crippen LogP contribution in [-0.4, -0.2) is 24.4 Å². The molecule has 0 saturated carbocycles. The zero-order valence-corrected chi connectivity index (χ0v) is 12.4. The van der Waals surface area contributed by atoms with Gasteiger partial charge in [0.25, 0.3) is 0 Å². The fourth-order valence-corrected chi connectivity index (χ4v) is 2.38. The Morgan fingerprint density at radius 1 is 1.26 bits per heavy atom. The summed E-state index contributed by atoms with van der Waals surface area (Å²) in [7, 11) is 0. The molecular formula is C16H27NO2. The molecule has 1 aromatic rings. The molecule has 0 aliphatic carbocycles. The largest absolute Gasteiger partial charge is 0.494 e. The van der Waals surface area contributed by atoms with Crippen LogP contribution in [0, 0.1) is 0 Å². The van der Waals surface area contributed by atoms with Crippen LogP contribution in [0.15, 0.2) is 24.3 Å². The van der Waals surface area contributed by atoms with Gasteiger partial charge in [0, 0.05) is 18.1 Å². The number of aliphatic hydroxyl groups excluding tert-OH is 1. The van der Waals surface area contributed by atoms with E-state index in [9.17, 15) is 5.11 Å². The van der Waals surface area contributed by atoms with Gasteiger partial charge < -0.3 is 15.6 Å². The average Bonchev–Trinajstić information content (AvgIpc) is 2.44. The van der Waals surface area contributed by atoms with Crippen LogP contribution in [-0.2, 0) is 5.41 Å². The molecule has 0 aliphatic heterocycles. The molecule has 0 radical (unpaired) electrons. The van der Waals surface area contributed by atoms with E-state index in [2.05, 4.69) is 32.9 Å². The summed E-state index contributed by atoms with van der Waals surface area (Å²) in [5.41, 5.74) is 7.22. The Labute approximate surface area is 116 Å². The Hall–Kier alpha value is -1.06. The normalized spacial score (nSPS) is 15.8. The van der Waals surface area contributed by atoms with Gasteiger partial charge in [-0.3, -0.25) is 0 Å². The maximum atomic E-state index is 9.30. The smallest absolute Gasteiger partial charge is 0.119 e. The van der Waals surface area contributed by atoms with Crippen LogP contribution in [0.1, 0.15) is 45.6 Å². The van der Waals surface area contributed by atoms with Gasteiger partial charge in [-0.25, -0.2) is 0 Å². The molecule has 0 fully saturated rings. The highest BCUT2D eigenvalue weighted by Crippen LogP contribution is 2.32. The number of rotatable bonds is 8. The molecule has 0 spiro atoms. The van der Waals surface area contributed by atoms with Crippen molar-refractivity contribution in [3.8, 4) is 5.75 Å². The second-order valence-electron chi connectivity index (χ2n) is 5.28. The van der Waals surface area contributed by atoms with Gasteiger partial charge in [0.15, 0.2) is 0 Å². The first kappa shape index (κ1) is 16.0. The number of aliphatic hydroxyl groups is 1. The van der Waals surface area contributed by atoms with Crippen molar-refractivity contribution in [1.82, 2.24) is 0 Å². The quantitative estimate of drug-likeness (QED) is 0.760. The number of ether oxygens (including phenoxy) is 1. The van der Waals surface area contributed by atoms with E-state index in [1.54, 1.807) is 0 Å². The average molecular weight is 265 g/mol. The van der Waals surface area contributed by atoms with Gasteiger partial charge in [-0.1, -0.05) is 32.9 Å². The third-order valence-electron chi connectivity index (χ3n) is 3.88. The Kier molecular flexibility index (Phi) is 6.32. The third kappa shape index (κ3) is 3.95.